The number of aryl methyl sites for hydroxylation is 2. The van der Waals surface area contributed by atoms with Gasteiger partial charge in [0.05, 0.1) is 10.5 Å². The molecule has 3 rings (SSSR count). The van der Waals surface area contributed by atoms with E-state index in [0.717, 1.165) is 12.1 Å². The fourth-order valence-corrected chi connectivity index (χ4v) is 5.09. The van der Waals surface area contributed by atoms with Gasteiger partial charge in [-0.05, 0) is 50.2 Å². The van der Waals surface area contributed by atoms with E-state index in [1.807, 2.05) is 0 Å². The molecule has 29 heavy (non-hydrogen) atoms. The summed E-state index contributed by atoms with van der Waals surface area (Å²) in [5.74, 6) is 0. The third-order valence-corrected chi connectivity index (χ3v) is 7.28. The van der Waals surface area contributed by atoms with E-state index in [-0.39, 0.29) is 21.2 Å². The minimum absolute atomic E-state index is 0.00313. The first kappa shape index (κ1) is 23.4. The summed E-state index contributed by atoms with van der Waals surface area (Å²) in [5.41, 5.74) is 1.24. The van der Waals surface area contributed by atoms with Crippen LogP contribution in [0.1, 0.15) is 16.7 Å². The minimum Gasteiger partial charge on any atom is -0.744 e. The van der Waals surface area contributed by atoms with Crippen LogP contribution in [0.4, 0.5) is 13.2 Å². The zero-order chi connectivity index (χ0) is 21.7. The minimum atomic E-state index is -5.09. The summed E-state index contributed by atoms with van der Waals surface area (Å²) in [6, 6.07) is 21.0. The maximum absolute atomic E-state index is 12.2. The van der Waals surface area contributed by atoms with E-state index in [2.05, 4.69) is 62.4 Å². The molecular formula is C21H18F3IO3S. The molecule has 0 amide bonds. The molecule has 0 bridgehead atoms. The standard InChI is InChI=1S/C14H14I.C7H5F3O3S/c1-11-3-7-13(8-4-11)15-14-9-5-12(2)6-10-14;8-7(9,10)5-3-1-2-4-6(5)14(11,12)13/h3-10H,1-2H3;1-4H,(H,11,12,13)/q+1;/p-1. The average Bonchev–Trinajstić information content (AvgIpc) is 2.65. The van der Waals surface area contributed by atoms with Crippen molar-refractivity contribution < 1.29 is 47.3 Å². The molecule has 0 radical (unpaired) electrons. The van der Waals surface area contributed by atoms with Crippen molar-refractivity contribution in [2.45, 2.75) is 24.9 Å². The van der Waals surface area contributed by atoms with Crippen molar-refractivity contribution in [2.24, 2.45) is 0 Å². The molecule has 154 valence electrons. The first-order valence-corrected chi connectivity index (χ1v) is 11.9. The Morgan fingerprint density at radius 2 is 1.17 bits per heavy atom. The first-order valence-electron chi connectivity index (χ1n) is 8.37. The molecule has 0 aromatic heterocycles. The summed E-state index contributed by atoms with van der Waals surface area (Å²) in [7, 11) is -5.09. The largest absolute Gasteiger partial charge is 0.744 e. The normalized spacial score (nSPS) is 11.5. The molecule has 0 N–H and O–H groups in total. The maximum Gasteiger partial charge on any atom is 0.417 e. The third-order valence-electron chi connectivity index (χ3n) is 3.70. The summed E-state index contributed by atoms with van der Waals surface area (Å²) in [5, 5.41) is 0. The van der Waals surface area contributed by atoms with Gasteiger partial charge in [-0.25, -0.2) is 8.42 Å². The van der Waals surface area contributed by atoms with Crippen molar-refractivity contribution in [3.8, 4) is 0 Å². The highest BCUT2D eigenvalue weighted by atomic mass is 127. The van der Waals surface area contributed by atoms with Crippen LogP contribution in [0.25, 0.3) is 0 Å². The Balaban J connectivity index is 0.000000208. The molecule has 0 aliphatic heterocycles. The van der Waals surface area contributed by atoms with Gasteiger partial charge in [0, 0.05) is 0 Å². The monoisotopic (exact) mass is 534 g/mol. The van der Waals surface area contributed by atoms with Crippen LogP contribution in [0.5, 0.6) is 0 Å². The van der Waals surface area contributed by atoms with Gasteiger partial charge in [-0.3, -0.25) is 0 Å². The quantitative estimate of drug-likeness (QED) is 0.382. The summed E-state index contributed by atoms with van der Waals surface area (Å²) < 4.78 is 70.8. The van der Waals surface area contributed by atoms with Gasteiger partial charge in [0.2, 0.25) is 0 Å². The van der Waals surface area contributed by atoms with Crippen molar-refractivity contribution in [1.29, 1.82) is 0 Å². The second-order valence-corrected chi connectivity index (χ2v) is 10.5. The number of rotatable bonds is 3. The number of hydrogen-bond acceptors (Lipinski definition) is 3. The summed E-state index contributed by atoms with van der Waals surface area (Å²) >= 11 is 0.00313. The smallest absolute Gasteiger partial charge is 0.417 e. The number of benzene rings is 3. The predicted molar refractivity (Wildman–Crippen MR) is 99.2 cm³/mol. The Morgan fingerprint density at radius 1 is 0.759 bits per heavy atom. The van der Waals surface area contributed by atoms with E-state index in [1.165, 1.54) is 18.3 Å². The van der Waals surface area contributed by atoms with Crippen molar-refractivity contribution in [1.82, 2.24) is 0 Å². The molecule has 0 atom stereocenters. The summed E-state index contributed by atoms with van der Waals surface area (Å²) in [6.45, 7) is 4.27. The van der Waals surface area contributed by atoms with Gasteiger partial charge >= 0.3 is 27.4 Å². The SMILES string of the molecule is Cc1ccc([I+]c2ccc(C)cc2)cc1.O=S(=O)([O-])c1ccccc1C(F)(F)F. The molecule has 3 nitrogen and oxygen atoms in total. The van der Waals surface area contributed by atoms with E-state index >= 15 is 0 Å². The van der Waals surface area contributed by atoms with Crippen LogP contribution in [0, 0.1) is 21.0 Å². The van der Waals surface area contributed by atoms with Crippen LogP contribution < -0.4 is 21.2 Å². The maximum atomic E-state index is 12.2. The summed E-state index contributed by atoms with van der Waals surface area (Å²) in [6.07, 6.45) is -4.84. The molecule has 0 aliphatic carbocycles. The zero-order valence-corrected chi connectivity index (χ0v) is 18.5. The highest BCUT2D eigenvalue weighted by Gasteiger charge is 2.34. The molecular weight excluding hydrogens is 516 g/mol. The van der Waals surface area contributed by atoms with Gasteiger partial charge in [-0.2, -0.15) is 13.2 Å². The first-order chi connectivity index (χ1) is 13.5. The van der Waals surface area contributed by atoms with E-state index in [1.54, 1.807) is 0 Å². The lowest BCUT2D eigenvalue weighted by molar-refractivity contribution is -0.597. The molecule has 0 fully saturated rings. The molecule has 0 heterocycles. The topological polar surface area (TPSA) is 57.2 Å². The van der Waals surface area contributed by atoms with Gasteiger partial charge in [0.1, 0.15) is 10.1 Å². The van der Waals surface area contributed by atoms with Gasteiger partial charge in [-0.15, -0.1) is 0 Å². The average molecular weight is 534 g/mol. The molecule has 3 aromatic rings. The van der Waals surface area contributed by atoms with Crippen LogP contribution in [0.15, 0.2) is 77.7 Å². The zero-order valence-electron chi connectivity index (χ0n) is 15.6. The summed E-state index contributed by atoms with van der Waals surface area (Å²) in [4.78, 5) is -1.24. The lowest BCUT2D eigenvalue weighted by atomic mass is 10.2. The van der Waals surface area contributed by atoms with Gasteiger partial charge < -0.3 is 4.55 Å². The number of hydrogen-bond donors (Lipinski definition) is 0. The van der Waals surface area contributed by atoms with E-state index in [4.69, 9.17) is 0 Å². The fraction of sp³-hybridized carbons (Fsp3) is 0.143. The Bertz CT molecular complexity index is 1000. The Labute approximate surface area is 178 Å². The second-order valence-electron chi connectivity index (χ2n) is 6.13. The van der Waals surface area contributed by atoms with Crippen LogP contribution in [-0.2, 0) is 16.3 Å². The second kappa shape index (κ2) is 9.73. The molecule has 0 spiro atoms. The van der Waals surface area contributed by atoms with Crippen molar-refractivity contribution in [3.63, 3.8) is 0 Å². The third kappa shape index (κ3) is 7.45. The van der Waals surface area contributed by atoms with E-state index in [9.17, 15) is 26.1 Å². The molecule has 8 heteroatoms. The number of alkyl halides is 3. The van der Waals surface area contributed by atoms with Gasteiger partial charge in [0.15, 0.2) is 7.14 Å². The van der Waals surface area contributed by atoms with Crippen molar-refractivity contribution >= 4 is 10.1 Å². The van der Waals surface area contributed by atoms with Crippen LogP contribution in [0.2, 0.25) is 0 Å². The lowest BCUT2D eigenvalue weighted by Gasteiger charge is -2.14. The van der Waals surface area contributed by atoms with Gasteiger partial charge in [0.25, 0.3) is 0 Å². The van der Waals surface area contributed by atoms with Crippen LogP contribution >= 0.6 is 0 Å². The predicted octanol–water partition coefficient (Wildman–Crippen LogP) is 2.04. The molecule has 3 aromatic carbocycles. The molecule has 0 saturated carbocycles. The van der Waals surface area contributed by atoms with Crippen molar-refractivity contribution in [2.75, 3.05) is 0 Å². The van der Waals surface area contributed by atoms with Crippen molar-refractivity contribution in [3.05, 3.63) is 96.6 Å². The highest BCUT2D eigenvalue weighted by molar-refractivity contribution is 7.85. The molecule has 0 saturated heterocycles. The highest BCUT2D eigenvalue weighted by Crippen LogP contribution is 2.33. The van der Waals surface area contributed by atoms with E-state index in [0.29, 0.717) is 12.1 Å². The Morgan fingerprint density at radius 3 is 1.52 bits per heavy atom. The fourth-order valence-electron chi connectivity index (χ4n) is 2.24. The Hall–Kier alpha value is -1.91. The lowest BCUT2D eigenvalue weighted by Crippen LogP contribution is -3.61. The van der Waals surface area contributed by atoms with Crippen LogP contribution in [-0.4, -0.2) is 13.0 Å². The van der Waals surface area contributed by atoms with Crippen LogP contribution in [0.3, 0.4) is 0 Å². The van der Waals surface area contributed by atoms with E-state index < -0.39 is 26.8 Å². The molecule has 0 unspecified atom stereocenters. The Kier molecular flexibility index (Phi) is 7.84. The van der Waals surface area contributed by atoms with Gasteiger partial charge in [-0.1, -0.05) is 47.5 Å². The molecule has 0 aliphatic rings. The number of halogens is 4.